The van der Waals surface area contributed by atoms with Gasteiger partial charge in [0.15, 0.2) is 0 Å². The first-order valence-corrected chi connectivity index (χ1v) is 14.8. The molecule has 0 spiro atoms. The zero-order valence-electron chi connectivity index (χ0n) is 24.4. The lowest BCUT2D eigenvalue weighted by molar-refractivity contribution is -0.138. The van der Waals surface area contributed by atoms with Gasteiger partial charge in [0.25, 0.3) is 11.8 Å². The molecule has 6 rings (SSSR count). The van der Waals surface area contributed by atoms with Gasteiger partial charge in [0.05, 0.1) is 22.4 Å². The number of rotatable bonds is 8. The van der Waals surface area contributed by atoms with Crippen LogP contribution in [-0.4, -0.2) is 77.3 Å². The molecule has 3 aliphatic rings. The van der Waals surface area contributed by atoms with Crippen LogP contribution in [0.2, 0.25) is 0 Å². The summed E-state index contributed by atoms with van der Waals surface area (Å²) in [5.41, 5.74) is 0.275. The van der Waals surface area contributed by atoms with Gasteiger partial charge < -0.3 is 15.1 Å². The molecule has 0 radical (unpaired) electrons. The van der Waals surface area contributed by atoms with Crippen molar-refractivity contribution in [2.24, 2.45) is 0 Å². The Bertz CT molecular complexity index is 1710. The zero-order valence-corrected chi connectivity index (χ0v) is 24.4. The number of carbonyl (C=O) groups is 4. The Kier molecular flexibility index (Phi) is 8.32. The van der Waals surface area contributed by atoms with Gasteiger partial charge in [-0.1, -0.05) is 12.1 Å². The van der Waals surface area contributed by atoms with Gasteiger partial charge in [-0.25, -0.2) is 9.37 Å². The predicted octanol–water partition coefficient (Wildman–Crippen LogP) is 3.41. The summed E-state index contributed by atoms with van der Waals surface area (Å²) >= 11 is 0. The van der Waals surface area contributed by atoms with Crippen LogP contribution in [0.5, 0.6) is 0 Å². The fourth-order valence-electron chi connectivity index (χ4n) is 5.97. The standard InChI is InChI=1S/C31H29F4N7O4/c32-21-17-19(31(33,34)35)6-7-22(21)40-13-15-41(16-14-40)30-37-12-10-24(38-30)36-11-2-4-18-3-1-5-20-26(18)29(46)42(28(20)45)23-8-9-25(43)39-27(23)44/h1,3,5-7,10,12,17,23H,2,4,8-9,11,13-16H2,(H,36,37,38)(H,39,43,44). The first-order valence-electron chi connectivity index (χ1n) is 14.8. The molecule has 4 heterocycles. The maximum atomic E-state index is 14.5. The molecule has 4 amide bonds. The number of fused-ring (bicyclic) bond motifs is 1. The van der Waals surface area contributed by atoms with Crippen molar-refractivity contribution in [1.82, 2.24) is 20.2 Å². The lowest BCUT2D eigenvalue weighted by Gasteiger charge is -2.36. The highest BCUT2D eigenvalue weighted by molar-refractivity contribution is 6.24. The number of anilines is 3. The fourth-order valence-corrected chi connectivity index (χ4v) is 5.97. The van der Waals surface area contributed by atoms with E-state index in [2.05, 4.69) is 20.6 Å². The highest BCUT2D eigenvalue weighted by Gasteiger charge is 2.45. The average molecular weight is 640 g/mol. The highest BCUT2D eigenvalue weighted by atomic mass is 19.4. The lowest BCUT2D eigenvalue weighted by Crippen LogP contribution is -2.54. The Labute approximate surface area is 260 Å². The lowest BCUT2D eigenvalue weighted by atomic mass is 9.99. The van der Waals surface area contributed by atoms with Gasteiger partial charge in [-0.05, 0) is 55.2 Å². The highest BCUT2D eigenvalue weighted by Crippen LogP contribution is 2.33. The van der Waals surface area contributed by atoms with E-state index in [0.717, 1.165) is 17.0 Å². The first kappa shape index (κ1) is 30.9. The molecule has 2 fully saturated rings. The SMILES string of the molecule is O=C1CCC(N2C(=O)c3cccc(CCCNc4ccnc(N5CCN(c6ccc(C(F)(F)F)cc6F)CC5)n4)c3C2=O)C(=O)N1. The Hall–Kier alpha value is -5.08. The number of amides is 4. The minimum absolute atomic E-state index is 0.0476. The second-order valence-electron chi connectivity index (χ2n) is 11.2. The number of piperidine rings is 1. The number of benzene rings is 2. The molecule has 1 aromatic heterocycles. The van der Waals surface area contributed by atoms with E-state index in [1.165, 1.54) is 0 Å². The van der Waals surface area contributed by atoms with Crippen molar-refractivity contribution in [2.45, 2.75) is 37.9 Å². The van der Waals surface area contributed by atoms with Crippen LogP contribution in [-0.2, 0) is 22.2 Å². The monoisotopic (exact) mass is 639 g/mol. The van der Waals surface area contributed by atoms with Crippen LogP contribution in [0, 0.1) is 5.82 Å². The topological polar surface area (TPSA) is 128 Å². The number of aryl methyl sites for hydroxylation is 1. The number of piperazine rings is 1. The molecule has 0 bridgehead atoms. The van der Waals surface area contributed by atoms with Crippen LogP contribution < -0.4 is 20.4 Å². The summed E-state index contributed by atoms with van der Waals surface area (Å²) in [6.45, 7) is 2.09. The molecule has 11 nitrogen and oxygen atoms in total. The Morgan fingerprint density at radius 2 is 1.72 bits per heavy atom. The van der Waals surface area contributed by atoms with Crippen LogP contribution in [0.15, 0.2) is 48.7 Å². The van der Waals surface area contributed by atoms with E-state index in [-0.39, 0.29) is 29.7 Å². The molecule has 240 valence electrons. The van der Waals surface area contributed by atoms with Gasteiger partial charge in [-0.3, -0.25) is 29.4 Å². The van der Waals surface area contributed by atoms with Gasteiger partial charge in [0, 0.05) is 45.3 Å². The number of hydrogen-bond acceptors (Lipinski definition) is 9. The van der Waals surface area contributed by atoms with E-state index in [1.54, 1.807) is 35.4 Å². The molecule has 3 aromatic rings. The average Bonchev–Trinajstić information content (AvgIpc) is 3.29. The summed E-state index contributed by atoms with van der Waals surface area (Å²) < 4.78 is 53.2. The van der Waals surface area contributed by atoms with E-state index in [9.17, 15) is 36.7 Å². The fraction of sp³-hybridized carbons (Fsp3) is 0.355. The second kappa shape index (κ2) is 12.4. The van der Waals surface area contributed by atoms with Crippen LogP contribution in [0.3, 0.4) is 0 Å². The van der Waals surface area contributed by atoms with Crippen molar-refractivity contribution >= 4 is 41.1 Å². The van der Waals surface area contributed by atoms with E-state index < -0.39 is 47.2 Å². The third-order valence-corrected chi connectivity index (χ3v) is 8.30. The van der Waals surface area contributed by atoms with Crippen LogP contribution in [0.1, 0.15) is 51.1 Å². The van der Waals surface area contributed by atoms with Gasteiger partial charge in [-0.15, -0.1) is 0 Å². The third-order valence-electron chi connectivity index (χ3n) is 8.30. The molecule has 0 saturated carbocycles. The number of imide groups is 2. The number of nitrogens with one attached hydrogen (secondary N) is 2. The zero-order chi connectivity index (χ0) is 32.6. The van der Waals surface area contributed by atoms with Crippen LogP contribution >= 0.6 is 0 Å². The molecule has 1 atom stereocenters. The van der Waals surface area contributed by atoms with Crippen molar-refractivity contribution in [3.05, 3.63) is 76.7 Å². The largest absolute Gasteiger partial charge is 0.416 e. The Balaban J connectivity index is 1.03. The second-order valence-corrected chi connectivity index (χ2v) is 11.2. The Morgan fingerprint density at radius 3 is 2.43 bits per heavy atom. The van der Waals surface area contributed by atoms with E-state index in [1.807, 2.05) is 4.90 Å². The van der Waals surface area contributed by atoms with Gasteiger partial charge in [0.1, 0.15) is 17.7 Å². The van der Waals surface area contributed by atoms with Gasteiger partial charge >= 0.3 is 6.18 Å². The minimum atomic E-state index is -4.61. The maximum absolute atomic E-state index is 14.5. The van der Waals surface area contributed by atoms with Crippen molar-refractivity contribution in [2.75, 3.05) is 47.8 Å². The molecule has 2 saturated heterocycles. The summed E-state index contributed by atoms with van der Waals surface area (Å²) in [5, 5.41) is 5.43. The smallest absolute Gasteiger partial charge is 0.370 e. The van der Waals surface area contributed by atoms with E-state index in [0.29, 0.717) is 69.0 Å². The number of carbonyl (C=O) groups excluding carboxylic acids is 4. The molecular formula is C31H29F4N7O4. The molecule has 2 aromatic carbocycles. The molecule has 2 N–H and O–H groups in total. The molecule has 1 unspecified atom stereocenters. The summed E-state index contributed by atoms with van der Waals surface area (Å²) in [4.78, 5) is 63.7. The molecule has 0 aliphatic carbocycles. The first-order chi connectivity index (χ1) is 22.0. The quantitative estimate of drug-likeness (QED) is 0.217. The minimum Gasteiger partial charge on any atom is -0.370 e. The molecule has 46 heavy (non-hydrogen) atoms. The Morgan fingerprint density at radius 1 is 0.957 bits per heavy atom. The van der Waals surface area contributed by atoms with Crippen molar-refractivity contribution in [3.63, 3.8) is 0 Å². The van der Waals surface area contributed by atoms with Crippen LogP contribution in [0.25, 0.3) is 0 Å². The number of hydrogen-bond donors (Lipinski definition) is 2. The molecule has 3 aliphatic heterocycles. The number of halogens is 4. The summed E-state index contributed by atoms with van der Waals surface area (Å²) in [6.07, 6.45) is -1.82. The normalized spacial score (nSPS) is 18.6. The maximum Gasteiger partial charge on any atom is 0.416 e. The summed E-state index contributed by atoms with van der Waals surface area (Å²) in [6, 6.07) is 8.25. The van der Waals surface area contributed by atoms with Gasteiger partial charge in [0.2, 0.25) is 17.8 Å². The third kappa shape index (κ3) is 6.08. The summed E-state index contributed by atoms with van der Waals surface area (Å²) in [5.74, 6) is -2.08. The van der Waals surface area contributed by atoms with Gasteiger partial charge in [-0.2, -0.15) is 18.2 Å². The molecular weight excluding hydrogens is 610 g/mol. The summed E-state index contributed by atoms with van der Waals surface area (Å²) in [7, 11) is 0. The van der Waals surface area contributed by atoms with Crippen LogP contribution in [0.4, 0.5) is 35.0 Å². The number of aromatic nitrogens is 2. The van der Waals surface area contributed by atoms with Crippen molar-refractivity contribution in [1.29, 1.82) is 0 Å². The number of nitrogens with zero attached hydrogens (tertiary/aromatic N) is 5. The predicted molar refractivity (Wildman–Crippen MR) is 158 cm³/mol. The van der Waals surface area contributed by atoms with Crippen molar-refractivity contribution in [3.8, 4) is 0 Å². The number of alkyl halides is 3. The van der Waals surface area contributed by atoms with Crippen molar-refractivity contribution < 1.29 is 36.7 Å². The molecule has 15 heteroatoms. The van der Waals surface area contributed by atoms with E-state index >= 15 is 0 Å². The van der Waals surface area contributed by atoms with E-state index in [4.69, 9.17) is 0 Å².